The Kier molecular flexibility index (Phi) is 8.68. The number of carbonyl (C=O) groups excluding carboxylic acids is 3. The van der Waals surface area contributed by atoms with Gasteiger partial charge < -0.3 is 32.6 Å². The number of hydrogen-bond acceptors (Lipinski definition) is 8. The third-order valence-electron chi connectivity index (χ3n) is 5.45. The number of nitrogen functional groups attached to an aromatic ring is 2. The van der Waals surface area contributed by atoms with Gasteiger partial charge in [-0.15, -0.1) is 0 Å². The molecule has 8 N–H and O–H groups in total. The predicted molar refractivity (Wildman–Crippen MR) is 134 cm³/mol. The lowest BCUT2D eigenvalue weighted by molar-refractivity contribution is -0.122. The Morgan fingerprint density at radius 2 is 1.75 bits per heavy atom. The zero-order chi connectivity index (χ0) is 26.2. The summed E-state index contributed by atoms with van der Waals surface area (Å²) < 4.78 is 20.2. The minimum absolute atomic E-state index is 0.0128. The summed E-state index contributed by atoms with van der Waals surface area (Å²) >= 11 is 0. The average Bonchev–Trinajstić information content (AvgIpc) is 2.83. The van der Waals surface area contributed by atoms with Crippen molar-refractivity contribution in [2.24, 2.45) is 5.73 Å². The van der Waals surface area contributed by atoms with E-state index in [0.717, 1.165) is 0 Å². The van der Waals surface area contributed by atoms with Crippen molar-refractivity contribution in [1.82, 2.24) is 15.3 Å². The summed E-state index contributed by atoms with van der Waals surface area (Å²) in [5, 5.41) is 6.23. The molecule has 36 heavy (non-hydrogen) atoms. The molecular weight excluding hydrogens is 469 g/mol. The number of rotatable bonds is 11. The highest BCUT2D eigenvalue weighted by atomic mass is 19.1. The van der Waals surface area contributed by atoms with E-state index in [9.17, 15) is 14.4 Å². The molecule has 190 valence electrons. The first kappa shape index (κ1) is 26.3. The van der Waals surface area contributed by atoms with Crippen LogP contribution in [-0.4, -0.2) is 47.4 Å². The molecule has 0 saturated heterocycles. The molecule has 0 aliphatic heterocycles. The van der Waals surface area contributed by atoms with Gasteiger partial charge in [-0.05, 0) is 30.0 Å². The molecule has 0 atom stereocenters. The van der Waals surface area contributed by atoms with Gasteiger partial charge in [0.1, 0.15) is 5.82 Å². The van der Waals surface area contributed by atoms with E-state index in [1.165, 1.54) is 18.6 Å². The van der Waals surface area contributed by atoms with Crippen LogP contribution in [0.2, 0.25) is 0 Å². The van der Waals surface area contributed by atoms with Gasteiger partial charge in [0, 0.05) is 54.7 Å². The number of primary amides is 1. The van der Waals surface area contributed by atoms with Gasteiger partial charge in [0.15, 0.2) is 5.82 Å². The summed E-state index contributed by atoms with van der Waals surface area (Å²) in [5.41, 5.74) is 18.7. The summed E-state index contributed by atoms with van der Waals surface area (Å²) in [4.78, 5) is 42.9. The van der Waals surface area contributed by atoms with Crippen molar-refractivity contribution in [1.29, 1.82) is 0 Å². The minimum Gasteiger partial charge on any atom is -0.397 e. The molecule has 0 aliphatic rings. The van der Waals surface area contributed by atoms with Crippen molar-refractivity contribution >= 4 is 45.7 Å². The van der Waals surface area contributed by atoms with Crippen LogP contribution < -0.4 is 27.8 Å². The fourth-order valence-corrected chi connectivity index (χ4v) is 3.42. The summed E-state index contributed by atoms with van der Waals surface area (Å²) in [7, 11) is 0. The molecule has 0 bridgehead atoms. The summed E-state index contributed by atoms with van der Waals surface area (Å²) in [6, 6.07) is 3.19. The third kappa shape index (κ3) is 6.63. The monoisotopic (exact) mass is 497 g/mol. The minimum atomic E-state index is -0.606. The van der Waals surface area contributed by atoms with Crippen LogP contribution in [0.15, 0.2) is 30.7 Å². The lowest BCUT2D eigenvalue weighted by atomic mass is 9.97. The van der Waals surface area contributed by atoms with E-state index in [1.807, 2.05) is 0 Å². The van der Waals surface area contributed by atoms with Gasteiger partial charge in [0.25, 0.3) is 0 Å². The molecule has 11 nitrogen and oxygen atoms in total. The van der Waals surface area contributed by atoms with E-state index in [0.29, 0.717) is 27.6 Å². The standard InChI is InChI=1S/C24H28FN7O4/c1-13-16(10-29-12-18(13)26)15-8-14-9-20(31-11-17(14)24(28)23(15)25)32-22(35)2-5-30-21(34)4-7-36-6-3-19(27)33/h8-12H,2-7,26,28H2,1H3,(H2,27,33)(H,30,34)(H,31,32,35). The van der Waals surface area contributed by atoms with Crippen LogP contribution in [0.25, 0.3) is 21.9 Å². The number of nitrogens with two attached hydrogens (primary N) is 3. The van der Waals surface area contributed by atoms with Gasteiger partial charge in [-0.2, -0.15) is 0 Å². The lowest BCUT2D eigenvalue weighted by Crippen LogP contribution is -2.28. The maximum atomic E-state index is 15.0. The molecule has 1 aromatic carbocycles. The van der Waals surface area contributed by atoms with E-state index in [1.54, 1.807) is 19.1 Å². The van der Waals surface area contributed by atoms with Gasteiger partial charge in [0.2, 0.25) is 17.7 Å². The van der Waals surface area contributed by atoms with Gasteiger partial charge in [0.05, 0.1) is 30.8 Å². The normalized spacial score (nSPS) is 10.8. The maximum Gasteiger partial charge on any atom is 0.227 e. The summed E-state index contributed by atoms with van der Waals surface area (Å²) in [5.74, 6) is -1.49. The number of fused-ring (bicyclic) bond motifs is 1. The Balaban J connectivity index is 1.61. The number of nitrogens with one attached hydrogen (secondary N) is 2. The van der Waals surface area contributed by atoms with E-state index in [-0.39, 0.29) is 67.9 Å². The number of amides is 3. The SMILES string of the molecule is Cc1c(N)cncc1-c1cc2cc(NC(=O)CCNC(=O)CCOCCC(N)=O)ncc2c(N)c1F. The topological polar surface area (TPSA) is 188 Å². The fraction of sp³-hybridized carbons (Fsp3) is 0.292. The smallest absolute Gasteiger partial charge is 0.227 e. The average molecular weight is 498 g/mol. The van der Waals surface area contributed by atoms with Gasteiger partial charge in [-0.25, -0.2) is 9.37 Å². The first-order valence-corrected chi connectivity index (χ1v) is 11.2. The van der Waals surface area contributed by atoms with E-state index >= 15 is 4.39 Å². The number of benzene rings is 1. The molecule has 2 aromatic heterocycles. The molecule has 3 amide bonds. The van der Waals surface area contributed by atoms with Crippen molar-refractivity contribution in [2.45, 2.75) is 26.2 Å². The molecule has 0 radical (unpaired) electrons. The Bertz CT molecular complexity index is 1300. The van der Waals surface area contributed by atoms with Crippen LogP contribution >= 0.6 is 0 Å². The highest BCUT2D eigenvalue weighted by Crippen LogP contribution is 2.35. The molecular formula is C24H28FN7O4. The zero-order valence-corrected chi connectivity index (χ0v) is 19.8. The second-order valence-corrected chi connectivity index (χ2v) is 8.07. The number of hydrogen-bond donors (Lipinski definition) is 5. The van der Waals surface area contributed by atoms with Crippen LogP contribution in [0.1, 0.15) is 24.8 Å². The maximum absolute atomic E-state index is 15.0. The van der Waals surface area contributed by atoms with E-state index in [4.69, 9.17) is 21.9 Å². The summed E-state index contributed by atoms with van der Waals surface area (Å²) in [6.45, 7) is 2.17. The largest absolute Gasteiger partial charge is 0.397 e. The highest BCUT2D eigenvalue weighted by molar-refractivity contribution is 6.00. The quantitative estimate of drug-likeness (QED) is 0.195. The van der Waals surface area contributed by atoms with Crippen LogP contribution in [0, 0.1) is 12.7 Å². The van der Waals surface area contributed by atoms with Crippen molar-refractivity contribution in [3.05, 3.63) is 42.1 Å². The first-order chi connectivity index (χ1) is 17.2. The molecule has 3 rings (SSSR count). The van der Waals surface area contributed by atoms with Crippen LogP contribution in [-0.2, 0) is 19.1 Å². The van der Waals surface area contributed by atoms with Crippen LogP contribution in [0.4, 0.5) is 21.6 Å². The second-order valence-electron chi connectivity index (χ2n) is 8.07. The van der Waals surface area contributed by atoms with E-state index < -0.39 is 11.7 Å². The van der Waals surface area contributed by atoms with Crippen molar-refractivity contribution < 1.29 is 23.5 Å². The predicted octanol–water partition coefficient (Wildman–Crippen LogP) is 1.64. The summed E-state index contributed by atoms with van der Waals surface area (Å²) in [6.07, 6.45) is 4.58. The Labute approximate surface area is 206 Å². The Morgan fingerprint density at radius 1 is 1.00 bits per heavy atom. The number of ether oxygens (including phenoxy) is 1. The number of nitrogens with zero attached hydrogens (tertiary/aromatic N) is 2. The van der Waals surface area contributed by atoms with Crippen molar-refractivity contribution in [3.8, 4) is 11.1 Å². The molecule has 0 saturated carbocycles. The molecule has 12 heteroatoms. The van der Waals surface area contributed by atoms with Crippen LogP contribution in [0.3, 0.4) is 0 Å². The van der Waals surface area contributed by atoms with Crippen LogP contribution in [0.5, 0.6) is 0 Å². The molecule has 0 fully saturated rings. The molecule has 2 heterocycles. The van der Waals surface area contributed by atoms with Gasteiger partial charge in [-0.3, -0.25) is 19.4 Å². The van der Waals surface area contributed by atoms with Crippen molar-refractivity contribution in [3.63, 3.8) is 0 Å². The van der Waals surface area contributed by atoms with Gasteiger partial charge >= 0.3 is 0 Å². The molecule has 0 spiro atoms. The number of halogens is 1. The lowest BCUT2D eigenvalue weighted by Gasteiger charge is -2.13. The Morgan fingerprint density at radius 3 is 2.50 bits per heavy atom. The number of aromatic nitrogens is 2. The Hall–Kier alpha value is -4.32. The molecule has 0 unspecified atom stereocenters. The highest BCUT2D eigenvalue weighted by Gasteiger charge is 2.17. The molecule has 3 aromatic rings. The van der Waals surface area contributed by atoms with E-state index in [2.05, 4.69) is 20.6 Å². The number of carbonyl (C=O) groups is 3. The second kappa shape index (κ2) is 11.9. The number of pyridine rings is 2. The zero-order valence-electron chi connectivity index (χ0n) is 19.8. The van der Waals surface area contributed by atoms with Gasteiger partial charge in [-0.1, -0.05) is 0 Å². The third-order valence-corrected chi connectivity index (χ3v) is 5.45. The number of anilines is 3. The molecule has 0 aliphatic carbocycles. The first-order valence-electron chi connectivity index (χ1n) is 11.2. The fourth-order valence-electron chi connectivity index (χ4n) is 3.42. The van der Waals surface area contributed by atoms with Crippen molar-refractivity contribution in [2.75, 3.05) is 36.5 Å².